The van der Waals surface area contributed by atoms with E-state index in [-0.39, 0.29) is 5.56 Å². The zero-order valence-electron chi connectivity index (χ0n) is 9.09. The molecule has 0 fully saturated rings. The number of rotatable bonds is 5. The van der Waals surface area contributed by atoms with Gasteiger partial charge in [0.05, 0.1) is 18.0 Å². The molecule has 1 aromatic carbocycles. The Hall–Kier alpha value is -1.68. The Morgan fingerprint density at radius 1 is 1.18 bits per heavy atom. The molecule has 17 heavy (non-hydrogen) atoms. The second-order valence-electron chi connectivity index (χ2n) is 3.56. The van der Waals surface area contributed by atoms with Gasteiger partial charge in [-0.1, -0.05) is 24.3 Å². The third-order valence-electron chi connectivity index (χ3n) is 2.28. The van der Waals surface area contributed by atoms with Crippen molar-refractivity contribution in [1.29, 1.82) is 0 Å². The third kappa shape index (κ3) is 3.39. The van der Waals surface area contributed by atoms with Gasteiger partial charge in [0, 0.05) is 5.75 Å². The fraction of sp³-hybridized carbons (Fsp3) is 0.154. The van der Waals surface area contributed by atoms with Crippen molar-refractivity contribution in [2.75, 3.05) is 0 Å². The third-order valence-corrected chi connectivity index (χ3v) is 3.31. The van der Waals surface area contributed by atoms with Crippen molar-refractivity contribution in [3.05, 3.63) is 59.5 Å². The van der Waals surface area contributed by atoms with Crippen molar-refractivity contribution < 1.29 is 14.3 Å². The molecule has 4 heteroatoms. The second-order valence-corrected chi connectivity index (χ2v) is 4.54. The summed E-state index contributed by atoms with van der Waals surface area (Å²) in [5.41, 5.74) is 1.30. The largest absolute Gasteiger partial charge is 0.545 e. The highest BCUT2D eigenvalue weighted by molar-refractivity contribution is 7.97. The van der Waals surface area contributed by atoms with Crippen LogP contribution >= 0.6 is 11.8 Å². The van der Waals surface area contributed by atoms with Crippen LogP contribution < -0.4 is 5.11 Å². The van der Waals surface area contributed by atoms with Crippen LogP contribution in [0.2, 0.25) is 0 Å². The van der Waals surface area contributed by atoms with Gasteiger partial charge in [-0.05, 0) is 23.3 Å². The van der Waals surface area contributed by atoms with Crippen molar-refractivity contribution in [1.82, 2.24) is 0 Å². The highest BCUT2D eigenvalue weighted by Gasteiger charge is 1.98. The van der Waals surface area contributed by atoms with Gasteiger partial charge in [-0.25, -0.2) is 0 Å². The van der Waals surface area contributed by atoms with Gasteiger partial charge >= 0.3 is 0 Å². The number of thioether (sulfide) groups is 1. The topological polar surface area (TPSA) is 53.3 Å². The van der Waals surface area contributed by atoms with Gasteiger partial charge in [-0.3, -0.25) is 0 Å². The quantitative estimate of drug-likeness (QED) is 0.811. The molecule has 88 valence electrons. The molecular weight excluding hydrogens is 236 g/mol. The average Bonchev–Trinajstić information content (AvgIpc) is 2.83. The molecular formula is C13H11O3S-. The molecule has 2 aromatic rings. The summed E-state index contributed by atoms with van der Waals surface area (Å²) < 4.78 is 5.22. The molecule has 0 saturated heterocycles. The number of benzene rings is 1. The summed E-state index contributed by atoms with van der Waals surface area (Å²) in [6, 6.07) is 10.5. The molecule has 0 N–H and O–H groups in total. The zero-order valence-corrected chi connectivity index (χ0v) is 9.91. The Morgan fingerprint density at radius 3 is 2.53 bits per heavy atom. The predicted molar refractivity (Wildman–Crippen MR) is 64.5 cm³/mol. The van der Waals surface area contributed by atoms with Crippen LogP contribution in [0.5, 0.6) is 0 Å². The minimum absolute atomic E-state index is 0.213. The number of carboxylic acids is 1. The van der Waals surface area contributed by atoms with E-state index in [0.717, 1.165) is 22.8 Å². The maximum atomic E-state index is 10.6. The molecule has 1 heterocycles. The van der Waals surface area contributed by atoms with Crippen LogP contribution in [-0.4, -0.2) is 5.97 Å². The first-order valence-electron chi connectivity index (χ1n) is 5.16. The summed E-state index contributed by atoms with van der Waals surface area (Å²) in [6.45, 7) is 0. The first-order valence-corrected chi connectivity index (χ1v) is 6.31. The van der Waals surface area contributed by atoms with Gasteiger partial charge in [0.15, 0.2) is 0 Å². The van der Waals surface area contributed by atoms with E-state index in [9.17, 15) is 9.90 Å². The molecule has 3 nitrogen and oxygen atoms in total. The molecule has 0 aliphatic rings. The summed E-state index contributed by atoms with van der Waals surface area (Å²) in [6.07, 6.45) is 1.66. The van der Waals surface area contributed by atoms with Crippen molar-refractivity contribution in [2.45, 2.75) is 11.5 Å². The maximum absolute atomic E-state index is 10.6. The van der Waals surface area contributed by atoms with Gasteiger partial charge in [0.1, 0.15) is 5.76 Å². The molecule has 1 aromatic heterocycles. The lowest BCUT2D eigenvalue weighted by molar-refractivity contribution is -0.255. The number of furan rings is 1. The Bertz CT molecular complexity index is 474. The van der Waals surface area contributed by atoms with E-state index >= 15 is 0 Å². The summed E-state index contributed by atoms with van der Waals surface area (Å²) in [7, 11) is 0. The molecule has 0 spiro atoms. The summed E-state index contributed by atoms with van der Waals surface area (Å²) >= 11 is 1.72. The Morgan fingerprint density at radius 2 is 1.94 bits per heavy atom. The van der Waals surface area contributed by atoms with E-state index in [1.807, 2.05) is 12.1 Å². The van der Waals surface area contributed by atoms with Crippen molar-refractivity contribution in [3.63, 3.8) is 0 Å². The van der Waals surface area contributed by atoms with E-state index in [4.69, 9.17) is 4.42 Å². The van der Waals surface area contributed by atoms with E-state index in [0.29, 0.717) is 0 Å². The van der Waals surface area contributed by atoms with Gasteiger partial charge in [0.25, 0.3) is 0 Å². The number of hydrogen-bond donors (Lipinski definition) is 0. The maximum Gasteiger partial charge on any atom is 0.113 e. The monoisotopic (exact) mass is 247 g/mol. The van der Waals surface area contributed by atoms with Crippen LogP contribution in [-0.2, 0) is 11.5 Å². The van der Waals surface area contributed by atoms with Crippen molar-refractivity contribution >= 4 is 17.7 Å². The van der Waals surface area contributed by atoms with Crippen LogP contribution in [0, 0.1) is 0 Å². The van der Waals surface area contributed by atoms with Crippen molar-refractivity contribution in [3.8, 4) is 0 Å². The zero-order chi connectivity index (χ0) is 12.1. The van der Waals surface area contributed by atoms with Crippen molar-refractivity contribution in [2.24, 2.45) is 0 Å². The van der Waals surface area contributed by atoms with Crippen LogP contribution in [0.4, 0.5) is 0 Å². The number of carbonyl (C=O) groups is 1. The van der Waals surface area contributed by atoms with Gasteiger partial charge in [-0.15, -0.1) is 11.8 Å². The average molecular weight is 247 g/mol. The fourth-order valence-electron chi connectivity index (χ4n) is 1.40. The molecule has 0 unspecified atom stereocenters. The molecule has 0 bridgehead atoms. The van der Waals surface area contributed by atoms with Gasteiger partial charge in [-0.2, -0.15) is 0 Å². The van der Waals surface area contributed by atoms with E-state index < -0.39 is 5.97 Å². The minimum Gasteiger partial charge on any atom is -0.545 e. The van der Waals surface area contributed by atoms with E-state index in [1.54, 1.807) is 42.3 Å². The van der Waals surface area contributed by atoms with Crippen LogP contribution in [0.3, 0.4) is 0 Å². The minimum atomic E-state index is -1.14. The smallest absolute Gasteiger partial charge is 0.113 e. The lowest BCUT2D eigenvalue weighted by Gasteiger charge is -2.04. The Labute approximate surface area is 103 Å². The molecule has 2 rings (SSSR count). The number of carbonyl (C=O) groups excluding carboxylic acids is 1. The van der Waals surface area contributed by atoms with E-state index in [1.165, 1.54) is 0 Å². The molecule has 0 amide bonds. The number of carboxylic acid groups (broad SMARTS) is 1. The summed E-state index contributed by atoms with van der Waals surface area (Å²) in [5, 5.41) is 10.6. The van der Waals surface area contributed by atoms with Crippen LogP contribution in [0.15, 0.2) is 47.1 Å². The lowest BCUT2D eigenvalue weighted by atomic mass is 10.1. The molecule has 0 aliphatic carbocycles. The van der Waals surface area contributed by atoms with Crippen LogP contribution in [0.1, 0.15) is 21.7 Å². The second kappa shape index (κ2) is 5.59. The first kappa shape index (κ1) is 11.8. The lowest BCUT2D eigenvalue weighted by Crippen LogP contribution is -2.21. The molecule has 0 atom stereocenters. The fourth-order valence-corrected chi connectivity index (χ4v) is 2.30. The normalized spacial score (nSPS) is 10.4. The number of hydrogen-bond acceptors (Lipinski definition) is 4. The van der Waals surface area contributed by atoms with Crippen LogP contribution in [0.25, 0.3) is 0 Å². The standard InChI is InChI=1S/C13H12O3S/c14-13(15)11-5-3-10(4-6-11)8-17-9-12-2-1-7-16-12/h1-7H,8-9H2,(H,14,15)/p-1. The van der Waals surface area contributed by atoms with Gasteiger partial charge < -0.3 is 14.3 Å². The SMILES string of the molecule is O=C([O-])c1ccc(CSCc2ccco2)cc1. The van der Waals surface area contributed by atoms with Gasteiger partial charge in [0.2, 0.25) is 0 Å². The molecule has 0 radical (unpaired) electrons. The Kier molecular flexibility index (Phi) is 3.88. The predicted octanol–water partition coefficient (Wildman–Crippen LogP) is 2.08. The summed E-state index contributed by atoms with van der Waals surface area (Å²) in [5.74, 6) is 1.45. The first-order chi connectivity index (χ1) is 8.25. The highest BCUT2D eigenvalue weighted by Crippen LogP contribution is 2.18. The molecule has 0 aliphatic heterocycles. The highest BCUT2D eigenvalue weighted by atomic mass is 32.2. The molecule has 0 saturated carbocycles. The Balaban J connectivity index is 1.85. The number of aromatic carboxylic acids is 1. The van der Waals surface area contributed by atoms with E-state index in [2.05, 4.69) is 0 Å². The summed E-state index contributed by atoms with van der Waals surface area (Å²) in [4.78, 5) is 10.6.